The number of hydrogen-bond acceptors (Lipinski definition) is 3. The van der Waals surface area contributed by atoms with E-state index in [9.17, 15) is 0 Å². The predicted molar refractivity (Wildman–Crippen MR) is 123 cm³/mol. The van der Waals surface area contributed by atoms with Crippen molar-refractivity contribution >= 4 is 52.0 Å². The number of nitrogens with zero attached hydrogens (tertiary/aromatic N) is 2. The van der Waals surface area contributed by atoms with Crippen molar-refractivity contribution in [1.29, 1.82) is 0 Å². The molecule has 2 aromatic carbocycles. The zero-order chi connectivity index (χ0) is 17.6. The molecule has 0 unspecified atom stereocenters. The molecule has 0 saturated heterocycles. The number of aromatic nitrogens is 1. The van der Waals surface area contributed by atoms with Gasteiger partial charge in [-0.15, -0.1) is 35.3 Å². The molecule has 0 saturated carbocycles. The highest BCUT2D eigenvalue weighted by atomic mass is 127. The summed E-state index contributed by atoms with van der Waals surface area (Å²) in [6.45, 7) is 8.41. The second-order valence-corrected chi connectivity index (χ2v) is 7.22. The molecule has 138 valence electrons. The second-order valence-electron chi connectivity index (χ2n) is 5.94. The third-order valence-corrected chi connectivity index (χ3v) is 5.18. The molecule has 3 aromatic rings. The molecule has 0 atom stereocenters. The summed E-state index contributed by atoms with van der Waals surface area (Å²) in [5.74, 6) is 0.820. The average molecular weight is 480 g/mol. The Morgan fingerprint density at radius 3 is 2.58 bits per heavy atom. The molecule has 0 fully saturated rings. The van der Waals surface area contributed by atoms with Crippen LogP contribution < -0.4 is 10.6 Å². The van der Waals surface area contributed by atoms with Crippen molar-refractivity contribution in [3.63, 3.8) is 0 Å². The predicted octanol–water partition coefficient (Wildman–Crippen LogP) is 4.79. The van der Waals surface area contributed by atoms with Gasteiger partial charge in [-0.1, -0.05) is 42.5 Å². The molecule has 0 amide bonds. The van der Waals surface area contributed by atoms with Gasteiger partial charge in [-0.2, -0.15) is 0 Å². The summed E-state index contributed by atoms with van der Waals surface area (Å²) in [6, 6.07) is 14.8. The lowest BCUT2D eigenvalue weighted by molar-refractivity contribution is 0.810. The summed E-state index contributed by atoms with van der Waals surface area (Å²) >= 11 is 1.73. The van der Waals surface area contributed by atoms with Crippen LogP contribution in [-0.2, 0) is 13.1 Å². The molecule has 26 heavy (non-hydrogen) atoms. The smallest absolute Gasteiger partial charge is 0.191 e. The lowest BCUT2D eigenvalue weighted by Gasteiger charge is -2.11. The van der Waals surface area contributed by atoms with E-state index in [1.807, 2.05) is 0 Å². The highest BCUT2D eigenvalue weighted by molar-refractivity contribution is 14.0. The number of aryl methyl sites for hydroxylation is 2. The van der Waals surface area contributed by atoms with Gasteiger partial charge in [-0.25, -0.2) is 9.98 Å². The van der Waals surface area contributed by atoms with E-state index in [0.717, 1.165) is 23.2 Å². The molecular weight excluding hydrogens is 455 g/mol. The molecule has 1 heterocycles. The van der Waals surface area contributed by atoms with Crippen LogP contribution in [0.15, 0.2) is 47.5 Å². The van der Waals surface area contributed by atoms with Crippen LogP contribution in [0.2, 0.25) is 0 Å². The van der Waals surface area contributed by atoms with Gasteiger partial charge in [0.15, 0.2) is 5.96 Å². The van der Waals surface area contributed by atoms with Gasteiger partial charge in [-0.3, -0.25) is 0 Å². The van der Waals surface area contributed by atoms with Crippen molar-refractivity contribution in [1.82, 2.24) is 15.6 Å². The molecule has 4 nitrogen and oxygen atoms in total. The zero-order valence-electron chi connectivity index (χ0n) is 15.4. The Hall–Kier alpha value is -1.67. The van der Waals surface area contributed by atoms with Crippen molar-refractivity contribution in [2.24, 2.45) is 4.99 Å². The van der Waals surface area contributed by atoms with Crippen molar-refractivity contribution in [2.75, 3.05) is 6.54 Å². The van der Waals surface area contributed by atoms with Crippen LogP contribution >= 0.6 is 35.3 Å². The Balaban J connectivity index is 0.00000243. The van der Waals surface area contributed by atoms with E-state index in [1.54, 1.807) is 11.3 Å². The first-order valence-electron chi connectivity index (χ1n) is 8.59. The lowest BCUT2D eigenvalue weighted by Crippen LogP contribution is -2.36. The van der Waals surface area contributed by atoms with E-state index in [2.05, 4.69) is 78.9 Å². The topological polar surface area (TPSA) is 49.3 Å². The molecule has 6 heteroatoms. The molecule has 0 aliphatic heterocycles. The third kappa shape index (κ3) is 5.17. The maximum atomic E-state index is 4.75. The van der Waals surface area contributed by atoms with Gasteiger partial charge in [0.1, 0.15) is 5.01 Å². The second kappa shape index (κ2) is 9.87. The molecular formula is C20H25IN4S. The number of nitrogens with one attached hydrogen (secondary N) is 2. The highest BCUT2D eigenvalue weighted by Crippen LogP contribution is 2.19. The van der Waals surface area contributed by atoms with Crippen LogP contribution in [0.1, 0.15) is 28.1 Å². The van der Waals surface area contributed by atoms with Gasteiger partial charge in [0.05, 0.1) is 18.8 Å². The lowest BCUT2D eigenvalue weighted by atomic mass is 10.1. The zero-order valence-corrected chi connectivity index (χ0v) is 18.5. The normalized spacial score (nSPS) is 11.3. The van der Waals surface area contributed by atoms with E-state index < -0.39 is 0 Å². The van der Waals surface area contributed by atoms with Gasteiger partial charge in [0, 0.05) is 11.4 Å². The Morgan fingerprint density at radius 1 is 1.08 bits per heavy atom. The molecule has 2 N–H and O–H groups in total. The van der Waals surface area contributed by atoms with Crippen LogP contribution in [0.4, 0.5) is 0 Å². The minimum atomic E-state index is 0. The van der Waals surface area contributed by atoms with Crippen LogP contribution in [0.3, 0.4) is 0 Å². The number of guanidine groups is 1. The van der Waals surface area contributed by atoms with Crippen LogP contribution in [0.25, 0.3) is 10.8 Å². The summed E-state index contributed by atoms with van der Waals surface area (Å²) < 4.78 is 0. The molecule has 0 aliphatic rings. The Kier molecular flexibility index (Phi) is 7.84. The largest absolute Gasteiger partial charge is 0.357 e. The quantitative estimate of drug-likeness (QED) is 0.314. The summed E-state index contributed by atoms with van der Waals surface area (Å²) in [5, 5.41) is 10.3. The van der Waals surface area contributed by atoms with E-state index in [-0.39, 0.29) is 24.0 Å². The molecule has 0 bridgehead atoms. The number of fused-ring (bicyclic) bond motifs is 1. The Morgan fingerprint density at radius 2 is 1.85 bits per heavy atom. The number of hydrogen-bond donors (Lipinski definition) is 2. The van der Waals surface area contributed by atoms with E-state index in [1.165, 1.54) is 21.2 Å². The molecule has 0 aliphatic carbocycles. The van der Waals surface area contributed by atoms with E-state index >= 15 is 0 Å². The van der Waals surface area contributed by atoms with Crippen molar-refractivity contribution < 1.29 is 0 Å². The first-order valence-corrected chi connectivity index (χ1v) is 9.40. The van der Waals surface area contributed by atoms with Crippen LogP contribution in [0.5, 0.6) is 0 Å². The summed E-state index contributed by atoms with van der Waals surface area (Å²) in [7, 11) is 0. The van der Waals surface area contributed by atoms with Gasteiger partial charge in [0.25, 0.3) is 0 Å². The first-order chi connectivity index (χ1) is 12.2. The maximum absolute atomic E-state index is 4.75. The fourth-order valence-corrected chi connectivity index (χ4v) is 3.58. The standard InChI is InChI=1S/C20H24N4S.HI/c1-4-21-20(23-13-19-24-14(2)15(3)25-19)22-12-17-10-7-9-16-8-5-6-11-18(16)17;/h5-11H,4,12-13H2,1-3H3,(H2,21,22,23);1H. The number of aliphatic imine (C=N–C) groups is 1. The summed E-state index contributed by atoms with van der Waals surface area (Å²) in [4.78, 5) is 10.6. The fourth-order valence-electron chi connectivity index (χ4n) is 2.71. The fraction of sp³-hybridized carbons (Fsp3) is 0.300. The number of benzene rings is 2. The number of halogens is 1. The SMILES string of the molecule is CCNC(=NCc1cccc2ccccc12)NCc1nc(C)c(C)s1.I. The minimum absolute atomic E-state index is 0. The first kappa shape index (κ1) is 20.6. The van der Waals surface area contributed by atoms with Crippen molar-refractivity contribution in [2.45, 2.75) is 33.9 Å². The summed E-state index contributed by atoms with van der Waals surface area (Å²) in [5.41, 5.74) is 2.34. The van der Waals surface area contributed by atoms with Crippen molar-refractivity contribution in [3.05, 3.63) is 63.6 Å². The molecule has 0 radical (unpaired) electrons. The van der Waals surface area contributed by atoms with Gasteiger partial charge < -0.3 is 10.6 Å². The highest BCUT2D eigenvalue weighted by Gasteiger charge is 2.05. The van der Waals surface area contributed by atoms with Gasteiger partial charge >= 0.3 is 0 Å². The maximum Gasteiger partial charge on any atom is 0.191 e. The summed E-state index contributed by atoms with van der Waals surface area (Å²) in [6.07, 6.45) is 0. The molecule has 0 spiro atoms. The van der Waals surface area contributed by atoms with E-state index in [0.29, 0.717) is 13.1 Å². The van der Waals surface area contributed by atoms with Crippen molar-refractivity contribution in [3.8, 4) is 0 Å². The molecule has 1 aromatic heterocycles. The monoisotopic (exact) mass is 480 g/mol. The third-order valence-electron chi connectivity index (χ3n) is 4.11. The van der Waals surface area contributed by atoms with Gasteiger partial charge in [-0.05, 0) is 37.1 Å². The Bertz CT molecular complexity index is 864. The Labute approximate surface area is 176 Å². The number of thiazole rings is 1. The van der Waals surface area contributed by atoms with Crippen LogP contribution in [-0.4, -0.2) is 17.5 Å². The molecule has 3 rings (SSSR count). The van der Waals surface area contributed by atoms with Gasteiger partial charge in [0.2, 0.25) is 0 Å². The van der Waals surface area contributed by atoms with E-state index in [4.69, 9.17) is 4.99 Å². The number of rotatable bonds is 5. The van der Waals surface area contributed by atoms with Crippen LogP contribution in [0, 0.1) is 13.8 Å². The minimum Gasteiger partial charge on any atom is -0.357 e. The average Bonchev–Trinajstić information content (AvgIpc) is 2.95.